The summed E-state index contributed by atoms with van der Waals surface area (Å²) in [5, 5.41) is 11.3. The van der Waals surface area contributed by atoms with Crippen LogP contribution in [0.3, 0.4) is 0 Å². The second kappa shape index (κ2) is 11.2. The smallest absolute Gasteiger partial charge is 0.295 e. The summed E-state index contributed by atoms with van der Waals surface area (Å²) < 4.78 is 11.6. The fourth-order valence-electron chi connectivity index (χ4n) is 3.89. The minimum Gasteiger partial charge on any atom is -0.507 e. The van der Waals surface area contributed by atoms with Crippen LogP contribution in [0, 0.1) is 0 Å². The van der Waals surface area contributed by atoms with Crippen LogP contribution in [0.15, 0.2) is 54.1 Å². The first-order valence-electron chi connectivity index (χ1n) is 11.7. The third kappa shape index (κ3) is 5.59. The highest BCUT2D eigenvalue weighted by Crippen LogP contribution is 2.42. The number of hydrogen-bond acceptors (Lipinski definition) is 6. The standard InChI is InChI=1S/C27H34N2O5/c1-6-17-33-20-13-11-19(12-14-20)25(30)23-24(21-9-7-8-10-22(21)34-18(2)3)29(16-15-28(4)5)27(32)26(23)31/h7-14,18,24,30H,6,15-17H2,1-5H3/b25-23-. The van der Waals surface area contributed by atoms with E-state index < -0.39 is 17.7 Å². The number of rotatable bonds is 10. The molecule has 34 heavy (non-hydrogen) atoms. The number of aliphatic hydroxyl groups excluding tert-OH is 1. The van der Waals surface area contributed by atoms with Crippen molar-refractivity contribution in [1.82, 2.24) is 9.80 Å². The highest BCUT2D eigenvalue weighted by molar-refractivity contribution is 6.46. The maximum atomic E-state index is 13.2. The van der Waals surface area contributed by atoms with E-state index in [2.05, 4.69) is 0 Å². The Labute approximate surface area is 201 Å². The van der Waals surface area contributed by atoms with Gasteiger partial charge in [0.1, 0.15) is 17.3 Å². The zero-order valence-corrected chi connectivity index (χ0v) is 20.6. The van der Waals surface area contributed by atoms with E-state index in [1.54, 1.807) is 24.3 Å². The summed E-state index contributed by atoms with van der Waals surface area (Å²) in [5.74, 6) is -0.287. The summed E-state index contributed by atoms with van der Waals surface area (Å²) in [4.78, 5) is 29.8. The molecule has 1 saturated heterocycles. The monoisotopic (exact) mass is 466 g/mol. The van der Waals surface area contributed by atoms with E-state index in [1.165, 1.54) is 4.90 Å². The van der Waals surface area contributed by atoms with Crippen LogP contribution < -0.4 is 9.47 Å². The number of likely N-dealkylation sites (N-methyl/N-ethyl adjacent to an activating group) is 1. The summed E-state index contributed by atoms with van der Waals surface area (Å²) in [7, 11) is 3.81. The molecule has 1 amide bonds. The van der Waals surface area contributed by atoms with Gasteiger partial charge < -0.3 is 24.4 Å². The SMILES string of the molecule is CCCOc1ccc(/C(O)=C2/C(=O)C(=O)N(CCN(C)C)C2c2ccccc2OC(C)C)cc1. The number of carbonyl (C=O) groups excluding carboxylic acids is 2. The normalized spacial score (nSPS) is 17.6. The van der Waals surface area contributed by atoms with Crippen LogP contribution in [0.1, 0.15) is 44.4 Å². The number of aliphatic hydroxyl groups is 1. The Balaban J connectivity index is 2.12. The van der Waals surface area contributed by atoms with Crippen molar-refractivity contribution in [2.45, 2.75) is 39.3 Å². The van der Waals surface area contributed by atoms with Crippen molar-refractivity contribution >= 4 is 17.4 Å². The first kappa shape index (κ1) is 25.3. The second-order valence-corrected chi connectivity index (χ2v) is 8.87. The largest absolute Gasteiger partial charge is 0.507 e. The Bertz CT molecular complexity index is 1040. The summed E-state index contributed by atoms with van der Waals surface area (Å²) in [6, 6.07) is 13.5. The molecule has 1 N–H and O–H groups in total. The van der Waals surface area contributed by atoms with Crippen LogP contribution in [0.25, 0.3) is 5.76 Å². The van der Waals surface area contributed by atoms with Crippen molar-refractivity contribution in [3.8, 4) is 11.5 Å². The van der Waals surface area contributed by atoms with Gasteiger partial charge in [-0.3, -0.25) is 9.59 Å². The van der Waals surface area contributed by atoms with Crippen LogP contribution in [0.4, 0.5) is 0 Å². The number of amides is 1. The van der Waals surface area contributed by atoms with E-state index >= 15 is 0 Å². The molecule has 2 aromatic rings. The molecule has 0 spiro atoms. The molecular weight excluding hydrogens is 432 g/mol. The highest BCUT2D eigenvalue weighted by Gasteiger charge is 2.46. The molecule has 7 heteroatoms. The van der Waals surface area contributed by atoms with E-state index in [9.17, 15) is 14.7 Å². The molecule has 0 saturated carbocycles. The molecule has 7 nitrogen and oxygen atoms in total. The van der Waals surface area contributed by atoms with Crippen molar-refractivity contribution in [2.75, 3.05) is 33.8 Å². The number of carbonyl (C=O) groups is 2. The van der Waals surface area contributed by atoms with Gasteiger partial charge in [-0.15, -0.1) is 0 Å². The number of nitrogens with zero attached hydrogens (tertiary/aromatic N) is 2. The Hall–Kier alpha value is -3.32. The van der Waals surface area contributed by atoms with Crippen molar-refractivity contribution < 1.29 is 24.2 Å². The number of benzene rings is 2. The lowest BCUT2D eigenvalue weighted by Gasteiger charge is -2.28. The predicted molar refractivity (Wildman–Crippen MR) is 132 cm³/mol. The predicted octanol–water partition coefficient (Wildman–Crippen LogP) is 4.25. The quantitative estimate of drug-likeness (QED) is 0.320. The number of hydrogen-bond donors (Lipinski definition) is 1. The van der Waals surface area contributed by atoms with E-state index in [0.29, 0.717) is 42.3 Å². The lowest BCUT2D eigenvalue weighted by molar-refractivity contribution is -0.140. The van der Waals surface area contributed by atoms with Gasteiger partial charge in [-0.05, 0) is 64.7 Å². The third-order valence-corrected chi connectivity index (χ3v) is 5.50. The summed E-state index contributed by atoms with van der Waals surface area (Å²) >= 11 is 0. The number of likely N-dealkylation sites (tertiary alicyclic amines) is 1. The molecule has 0 aliphatic carbocycles. The topological polar surface area (TPSA) is 79.3 Å². The van der Waals surface area contributed by atoms with Crippen molar-refractivity contribution in [3.05, 3.63) is 65.2 Å². The van der Waals surface area contributed by atoms with E-state index in [0.717, 1.165) is 6.42 Å². The summed E-state index contributed by atoms with van der Waals surface area (Å²) in [6.45, 7) is 7.36. The average molecular weight is 467 g/mol. The molecule has 182 valence electrons. The Morgan fingerprint density at radius 3 is 2.38 bits per heavy atom. The van der Waals surface area contributed by atoms with Gasteiger partial charge in [0.05, 0.1) is 24.3 Å². The molecule has 1 fully saturated rings. The lowest BCUT2D eigenvalue weighted by atomic mass is 9.94. The fraction of sp³-hybridized carbons (Fsp3) is 0.407. The number of ketones is 1. The molecule has 0 radical (unpaired) electrons. The van der Waals surface area contributed by atoms with Crippen molar-refractivity contribution in [1.29, 1.82) is 0 Å². The van der Waals surface area contributed by atoms with E-state index in [1.807, 2.05) is 64.0 Å². The molecule has 2 aromatic carbocycles. The molecule has 1 unspecified atom stereocenters. The Morgan fingerprint density at radius 2 is 1.76 bits per heavy atom. The first-order chi connectivity index (χ1) is 16.2. The van der Waals surface area contributed by atoms with E-state index in [4.69, 9.17) is 9.47 Å². The van der Waals surface area contributed by atoms with Gasteiger partial charge in [0, 0.05) is 24.2 Å². The number of para-hydroxylation sites is 1. The Morgan fingerprint density at radius 1 is 1.09 bits per heavy atom. The maximum absolute atomic E-state index is 13.2. The summed E-state index contributed by atoms with van der Waals surface area (Å²) in [5.41, 5.74) is 1.17. The van der Waals surface area contributed by atoms with Crippen LogP contribution in [-0.4, -0.2) is 66.5 Å². The lowest BCUT2D eigenvalue weighted by Crippen LogP contribution is -2.35. The highest BCUT2D eigenvalue weighted by atomic mass is 16.5. The van der Waals surface area contributed by atoms with Gasteiger partial charge in [0.15, 0.2) is 0 Å². The molecule has 0 bridgehead atoms. The van der Waals surface area contributed by atoms with Crippen LogP contribution in [-0.2, 0) is 9.59 Å². The van der Waals surface area contributed by atoms with Crippen LogP contribution in [0.2, 0.25) is 0 Å². The molecule has 1 heterocycles. The van der Waals surface area contributed by atoms with Gasteiger partial charge in [-0.1, -0.05) is 25.1 Å². The molecule has 1 aliphatic heterocycles. The van der Waals surface area contributed by atoms with Gasteiger partial charge in [0.2, 0.25) is 0 Å². The average Bonchev–Trinajstić information content (AvgIpc) is 3.06. The molecule has 0 aromatic heterocycles. The third-order valence-electron chi connectivity index (χ3n) is 5.50. The minimum atomic E-state index is -0.758. The number of ether oxygens (including phenoxy) is 2. The second-order valence-electron chi connectivity index (χ2n) is 8.87. The van der Waals surface area contributed by atoms with Gasteiger partial charge in [0.25, 0.3) is 11.7 Å². The number of Topliss-reactive ketones (excluding diaryl/α,β-unsaturated/α-hetero) is 1. The molecule has 1 atom stereocenters. The summed E-state index contributed by atoms with van der Waals surface area (Å²) in [6.07, 6.45) is 0.788. The van der Waals surface area contributed by atoms with Crippen molar-refractivity contribution in [3.63, 3.8) is 0 Å². The van der Waals surface area contributed by atoms with Crippen LogP contribution in [0.5, 0.6) is 11.5 Å². The zero-order chi connectivity index (χ0) is 24.8. The van der Waals surface area contributed by atoms with Gasteiger partial charge in [-0.25, -0.2) is 0 Å². The van der Waals surface area contributed by atoms with Gasteiger partial charge in [-0.2, -0.15) is 0 Å². The maximum Gasteiger partial charge on any atom is 0.295 e. The fourth-order valence-corrected chi connectivity index (χ4v) is 3.89. The molecule has 3 rings (SSSR count). The van der Waals surface area contributed by atoms with Gasteiger partial charge >= 0.3 is 0 Å². The zero-order valence-electron chi connectivity index (χ0n) is 20.6. The van der Waals surface area contributed by atoms with Crippen LogP contribution >= 0.6 is 0 Å². The van der Waals surface area contributed by atoms with E-state index in [-0.39, 0.29) is 17.4 Å². The molecular formula is C27H34N2O5. The minimum absolute atomic E-state index is 0.0609. The first-order valence-corrected chi connectivity index (χ1v) is 11.7. The van der Waals surface area contributed by atoms with Crippen molar-refractivity contribution in [2.24, 2.45) is 0 Å². The Kier molecular flexibility index (Phi) is 8.34. The molecule has 1 aliphatic rings.